The van der Waals surface area contributed by atoms with E-state index in [0.29, 0.717) is 25.3 Å². The topological polar surface area (TPSA) is 102 Å². The normalized spacial score (nSPS) is 14.3. The van der Waals surface area contributed by atoms with Crippen LogP contribution in [0.1, 0.15) is 27.3 Å². The highest BCUT2D eigenvalue weighted by molar-refractivity contribution is 7.89. The van der Waals surface area contributed by atoms with Crippen molar-refractivity contribution in [1.82, 2.24) is 13.7 Å². The van der Waals surface area contributed by atoms with Crippen LogP contribution in [0.5, 0.6) is 11.5 Å². The van der Waals surface area contributed by atoms with E-state index in [2.05, 4.69) is 4.37 Å². The summed E-state index contributed by atoms with van der Waals surface area (Å²) in [6.45, 7) is 3.53. The van der Waals surface area contributed by atoms with Crippen molar-refractivity contribution in [3.05, 3.63) is 95.3 Å². The molecule has 0 radical (unpaired) electrons. The Morgan fingerprint density at radius 2 is 1.56 bits per heavy atom. The number of sulfonamides is 1. The number of esters is 1. The summed E-state index contributed by atoms with van der Waals surface area (Å²) in [6, 6.07) is 21.9. The SMILES string of the molecule is COC(=O)c1ccccc1S(=O)(=O)N1CCN(c2nc(Cc3ccc(Oc4ccc(C)cc4)cc3)ns2)CC1. The van der Waals surface area contributed by atoms with Crippen LogP contribution in [0.15, 0.2) is 77.7 Å². The van der Waals surface area contributed by atoms with E-state index < -0.39 is 16.0 Å². The number of anilines is 1. The molecule has 1 aliphatic rings. The van der Waals surface area contributed by atoms with Crippen molar-refractivity contribution in [3.8, 4) is 11.5 Å². The zero-order valence-corrected chi connectivity index (χ0v) is 23.2. The third kappa shape index (κ3) is 6.11. The minimum absolute atomic E-state index is 0.0333. The molecule has 1 fully saturated rings. The molecule has 0 aliphatic carbocycles. The molecule has 202 valence electrons. The third-order valence-electron chi connectivity index (χ3n) is 6.42. The fourth-order valence-electron chi connectivity index (χ4n) is 4.27. The zero-order chi connectivity index (χ0) is 27.4. The van der Waals surface area contributed by atoms with Crippen LogP contribution in [0.4, 0.5) is 5.13 Å². The Bertz CT molecular complexity index is 1550. The summed E-state index contributed by atoms with van der Waals surface area (Å²) in [5, 5.41) is 0.760. The van der Waals surface area contributed by atoms with Crippen LogP contribution >= 0.6 is 11.5 Å². The molecule has 0 spiro atoms. The number of carbonyl (C=O) groups is 1. The highest BCUT2D eigenvalue weighted by Crippen LogP contribution is 2.26. The number of methoxy groups -OCH3 is 1. The van der Waals surface area contributed by atoms with E-state index in [9.17, 15) is 13.2 Å². The lowest BCUT2D eigenvalue weighted by atomic mass is 10.1. The second-order valence-electron chi connectivity index (χ2n) is 9.11. The maximum atomic E-state index is 13.3. The highest BCUT2D eigenvalue weighted by Gasteiger charge is 2.32. The first kappa shape index (κ1) is 26.8. The van der Waals surface area contributed by atoms with Gasteiger partial charge in [-0.3, -0.25) is 0 Å². The Balaban J connectivity index is 1.19. The van der Waals surface area contributed by atoms with Gasteiger partial charge in [-0.05, 0) is 48.9 Å². The van der Waals surface area contributed by atoms with Gasteiger partial charge in [0.25, 0.3) is 0 Å². The number of nitrogens with zero attached hydrogens (tertiary/aromatic N) is 4. The molecule has 2 heterocycles. The molecular weight excluding hydrogens is 536 g/mol. The first-order valence-electron chi connectivity index (χ1n) is 12.4. The van der Waals surface area contributed by atoms with Crippen molar-refractivity contribution in [2.45, 2.75) is 18.2 Å². The summed E-state index contributed by atoms with van der Waals surface area (Å²) in [6.07, 6.45) is 0.583. The van der Waals surface area contributed by atoms with Crippen LogP contribution in [0, 0.1) is 6.92 Å². The van der Waals surface area contributed by atoms with Gasteiger partial charge in [0.15, 0.2) is 0 Å². The van der Waals surface area contributed by atoms with Gasteiger partial charge in [-0.1, -0.05) is 42.0 Å². The molecule has 0 unspecified atom stereocenters. The first-order chi connectivity index (χ1) is 18.8. The average Bonchev–Trinajstić information content (AvgIpc) is 3.43. The van der Waals surface area contributed by atoms with Crippen molar-refractivity contribution in [3.63, 3.8) is 0 Å². The number of aromatic nitrogens is 2. The summed E-state index contributed by atoms with van der Waals surface area (Å²) >= 11 is 1.31. The molecule has 11 heteroatoms. The lowest BCUT2D eigenvalue weighted by molar-refractivity contribution is 0.0596. The van der Waals surface area contributed by atoms with Crippen LogP contribution in [-0.2, 0) is 21.2 Å². The summed E-state index contributed by atoms with van der Waals surface area (Å²) in [4.78, 5) is 18.8. The Labute approximate surface area is 231 Å². The highest BCUT2D eigenvalue weighted by atomic mass is 32.2. The number of piperazine rings is 1. The number of rotatable bonds is 8. The minimum Gasteiger partial charge on any atom is -0.465 e. The largest absolute Gasteiger partial charge is 0.465 e. The van der Waals surface area contributed by atoms with Crippen molar-refractivity contribution in [2.24, 2.45) is 0 Å². The van der Waals surface area contributed by atoms with Gasteiger partial charge in [0, 0.05) is 44.1 Å². The van der Waals surface area contributed by atoms with E-state index in [1.807, 2.05) is 60.4 Å². The number of ether oxygens (including phenoxy) is 2. The van der Waals surface area contributed by atoms with E-state index in [1.54, 1.807) is 12.1 Å². The molecule has 3 aromatic carbocycles. The Kier molecular flexibility index (Phi) is 7.92. The number of benzene rings is 3. The van der Waals surface area contributed by atoms with E-state index in [1.165, 1.54) is 40.6 Å². The maximum Gasteiger partial charge on any atom is 0.339 e. The monoisotopic (exact) mass is 564 g/mol. The predicted molar refractivity (Wildman–Crippen MR) is 149 cm³/mol. The van der Waals surface area contributed by atoms with Gasteiger partial charge in [0.1, 0.15) is 17.3 Å². The van der Waals surface area contributed by atoms with Gasteiger partial charge >= 0.3 is 5.97 Å². The molecule has 0 amide bonds. The second-order valence-corrected chi connectivity index (χ2v) is 11.7. The Morgan fingerprint density at radius 3 is 2.23 bits per heavy atom. The number of aryl methyl sites for hydroxylation is 1. The van der Waals surface area contributed by atoms with Crippen LogP contribution in [0.2, 0.25) is 0 Å². The summed E-state index contributed by atoms with van der Waals surface area (Å²) in [5.41, 5.74) is 2.28. The number of carbonyl (C=O) groups excluding carboxylic acids is 1. The molecule has 9 nitrogen and oxygen atoms in total. The summed E-state index contributed by atoms with van der Waals surface area (Å²) < 4.78 is 43.1. The predicted octanol–water partition coefficient (Wildman–Crippen LogP) is 4.53. The van der Waals surface area contributed by atoms with Crippen molar-refractivity contribution >= 4 is 32.7 Å². The Morgan fingerprint density at radius 1 is 0.923 bits per heavy atom. The maximum absolute atomic E-state index is 13.3. The molecule has 4 aromatic rings. The fourth-order valence-corrected chi connectivity index (χ4v) is 6.61. The second kappa shape index (κ2) is 11.5. The molecular formula is C28H28N4O5S2. The molecule has 1 aliphatic heterocycles. The smallest absolute Gasteiger partial charge is 0.339 e. The lowest BCUT2D eigenvalue weighted by Gasteiger charge is -2.33. The van der Waals surface area contributed by atoms with E-state index in [4.69, 9.17) is 14.5 Å². The minimum atomic E-state index is -3.85. The molecule has 1 saturated heterocycles. The summed E-state index contributed by atoms with van der Waals surface area (Å²) in [7, 11) is -2.62. The van der Waals surface area contributed by atoms with Crippen LogP contribution in [-0.4, -0.2) is 61.3 Å². The molecule has 0 N–H and O–H groups in total. The molecule has 39 heavy (non-hydrogen) atoms. The summed E-state index contributed by atoms with van der Waals surface area (Å²) in [5.74, 6) is 1.59. The Hall–Kier alpha value is -3.80. The first-order valence-corrected chi connectivity index (χ1v) is 14.6. The van der Waals surface area contributed by atoms with Gasteiger partial charge in [0.2, 0.25) is 15.2 Å². The lowest BCUT2D eigenvalue weighted by Crippen LogP contribution is -2.48. The molecule has 0 saturated carbocycles. The van der Waals surface area contributed by atoms with Gasteiger partial charge in [0.05, 0.1) is 17.6 Å². The van der Waals surface area contributed by atoms with Gasteiger partial charge in [-0.2, -0.15) is 8.68 Å². The van der Waals surface area contributed by atoms with E-state index in [0.717, 1.165) is 22.2 Å². The van der Waals surface area contributed by atoms with Crippen LogP contribution < -0.4 is 9.64 Å². The molecule has 0 bridgehead atoms. The number of hydrogen-bond donors (Lipinski definition) is 0. The fraction of sp³-hybridized carbons (Fsp3) is 0.250. The van der Waals surface area contributed by atoms with Crippen molar-refractivity contribution in [2.75, 3.05) is 38.2 Å². The van der Waals surface area contributed by atoms with Gasteiger partial charge < -0.3 is 14.4 Å². The van der Waals surface area contributed by atoms with Crippen LogP contribution in [0.3, 0.4) is 0 Å². The van der Waals surface area contributed by atoms with Gasteiger partial charge in [-0.15, -0.1) is 0 Å². The van der Waals surface area contributed by atoms with E-state index >= 15 is 0 Å². The molecule has 0 atom stereocenters. The average molecular weight is 565 g/mol. The zero-order valence-electron chi connectivity index (χ0n) is 21.6. The van der Waals surface area contributed by atoms with Crippen molar-refractivity contribution in [1.29, 1.82) is 0 Å². The number of hydrogen-bond acceptors (Lipinski definition) is 9. The molecule has 5 rings (SSSR count). The van der Waals surface area contributed by atoms with E-state index in [-0.39, 0.29) is 23.5 Å². The standard InChI is InChI=1S/C28H28N4O5S2/c1-20-7-11-22(12-8-20)37-23-13-9-21(10-14-23)19-26-29-28(38-30-26)31-15-17-32(18-16-31)39(34,35)25-6-4-3-5-24(25)27(33)36-2/h3-14H,15-19H2,1-2H3. The van der Waals surface area contributed by atoms with Crippen LogP contribution in [0.25, 0.3) is 0 Å². The van der Waals surface area contributed by atoms with Crippen molar-refractivity contribution < 1.29 is 22.7 Å². The molecule has 1 aromatic heterocycles. The van der Waals surface area contributed by atoms with Gasteiger partial charge in [-0.25, -0.2) is 18.2 Å². The quantitative estimate of drug-likeness (QED) is 0.288. The third-order valence-corrected chi connectivity index (χ3v) is 9.19.